The van der Waals surface area contributed by atoms with Crippen LogP contribution in [0.1, 0.15) is 6.92 Å². The molecule has 0 aliphatic heterocycles. The zero-order valence-electron chi connectivity index (χ0n) is 8.72. The fourth-order valence-electron chi connectivity index (χ4n) is 1.24. The molecule has 1 aromatic rings. The van der Waals surface area contributed by atoms with E-state index in [0.29, 0.717) is 18.8 Å². The van der Waals surface area contributed by atoms with Crippen molar-refractivity contribution in [3.63, 3.8) is 0 Å². The van der Waals surface area contributed by atoms with Crippen LogP contribution in [0.3, 0.4) is 0 Å². The molecular weight excluding hydrogens is 180 g/mol. The molecule has 14 heavy (non-hydrogen) atoms. The second-order valence-corrected chi connectivity index (χ2v) is 3.50. The van der Waals surface area contributed by atoms with Crippen LogP contribution in [0.5, 0.6) is 0 Å². The molecule has 0 spiro atoms. The van der Waals surface area contributed by atoms with Gasteiger partial charge in [-0.3, -0.25) is 4.68 Å². The van der Waals surface area contributed by atoms with Crippen molar-refractivity contribution < 1.29 is 5.11 Å². The fourth-order valence-corrected chi connectivity index (χ4v) is 1.24. The van der Waals surface area contributed by atoms with Gasteiger partial charge in [0.15, 0.2) is 0 Å². The lowest BCUT2D eigenvalue weighted by molar-refractivity contribution is 0.108. The Balaban J connectivity index is 2.37. The number of nitrogens with zero attached hydrogens (tertiary/aromatic N) is 3. The number of hydrogen-bond acceptors (Lipinski definition) is 4. The van der Waals surface area contributed by atoms with E-state index in [1.807, 2.05) is 7.05 Å². The Hall–Kier alpha value is -1.07. The summed E-state index contributed by atoms with van der Waals surface area (Å²) in [6.07, 6.45) is 2.89. The molecule has 0 aromatic carbocycles. The van der Waals surface area contributed by atoms with Crippen molar-refractivity contribution in [3.05, 3.63) is 12.4 Å². The second kappa shape index (κ2) is 4.97. The molecule has 80 valence electrons. The third kappa shape index (κ3) is 3.35. The van der Waals surface area contributed by atoms with Crippen molar-refractivity contribution >= 4 is 5.69 Å². The predicted octanol–water partition coefficient (Wildman–Crippen LogP) is -0.222. The number of rotatable bonds is 5. The van der Waals surface area contributed by atoms with Crippen molar-refractivity contribution in [2.24, 2.45) is 0 Å². The topological polar surface area (TPSA) is 67.3 Å². The van der Waals surface area contributed by atoms with Crippen LogP contribution in [-0.2, 0) is 6.54 Å². The molecule has 0 radical (unpaired) electrons. The number of anilines is 1. The maximum atomic E-state index is 9.67. The van der Waals surface area contributed by atoms with Crippen molar-refractivity contribution in [2.45, 2.75) is 19.6 Å². The van der Waals surface area contributed by atoms with Crippen LogP contribution in [0, 0.1) is 0 Å². The van der Waals surface area contributed by atoms with Crippen LogP contribution < -0.4 is 5.73 Å². The Morgan fingerprint density at radius 3 is 2.93 bits per heavy atom. The number of nitrogen functional groups attached to an aromatic ring is 1. The Morgan fingerprint density at radius 1 is 1.71 bits per heavy atom. The number of likely N-dealkylation sites (N-methyl/N-ethyl adjacent to an activating group) is 1. The van der Waals surface area contributed by atoms with Gasteiger partial charge in [0.1, 0.15) is 0 Å². The van der Waals surface area contributed by atoms with E-state index < -0.39 is 6.10 Å². The lowest BCUT2D eigenvalue weighted by Crippen LogP contribution is -2.32. The molecule has 5 nitrogen and oxygen atoms in total. The van der Waals surface area contributed by atoms with E-state index in [0.717, 1.165) is 6.54 Å². The summed E-state index contributed by atoms with van der Waals surface area (Å²) in [4.78, 5) is 2.05. The minimum Gasteiger partial charge on any atom is -0.396 e. The Bertz CT molecular complexity index is 274. The van der Waals surface area contributed by atoms with E-state index >= 15 is 0 Å². The Kier molecular flexibility index (Phi) is 3.91. The molecule has 1 atom stereocenters. The lowest BCUT2D eigenvalue weighted by atomic mass is 10.3. The van der Waals surface area contributed by atoms with Crippen LogP contribution in [0.4, 0.5) is 5.69 Å². The number of hydrogen-bond donors (Lipinski definition) is 2. The third-order valence-corrected chi connectivity index (χ3v) is 2.11. The Morgan fingerprint density at radius 2 is 2.43 bits per heavy atom. The number of aliphatic hydroxyl groups excluding tert-OH is 1. The van der Waals surface area contributed by atoms with E-state index in [9.17, 15) is 5.11 Å². The number of aliphatic hydroxyl groups is 1. The fraction of sp³-hybridized carbons (Fsp3) is 0.667. The van der Waals surface area contributed by atoms with Gasteiger partial charge in [-0.05, 0) is 13.6 Å². The first-order valence-corrected chi connectivity index (χ1v) is 4.76. The first-order chi connectivity index (χ1) is 6.61. The van der Waals surface area contributed by atoms with Gasteiger partial charge in [0.05, 0.1) is 24.5 Å². The molecule has 1 rings (SSSR count). The summed E-state index contributed by atoms with van der Waals surface area (Å²) in [5.74, 6) is 0. The molecule has 1 unspecified atom stereocenters. The standard InChI is InChI=1S/C9H18N4O/c1-3-12(2)6-9(14)7-13-5-8(10)4-11-13/h4-5,9,14H,3,6-7,10H2,1-2H3. The minimum atomic E-state index is -0.403. The van der Waals surface area contributed by atoms with Crippen molar-refractivity contribution in [2.75, 3.05) is 25.9 Å². The molecule has 0 aliphatic carbocycles. The van der Waals surface area contributed by atoms with E-state index in [1.54, 1.807) is 17.1 Å². The van der Waals surface area contributed by atoms with Gasteiger partial charge in [0, 0.05) is 12.7 Å². The molecule has 1 heterocycles. The molecule has 0 bridgehead atoms. The highest BCUT2D eigenvalue weighted by atomic mass is 16.3. The van der Waals surface area contributed by atoms with Crippen LogP contribution in [0.2, 0.25) is 0 Å². The number of nitrogens with two attached hydrogens (primary N) is 1. The molecule has 0 aliphatic rings. The third-order valence-electron chi connectivity index (χ3n) is 2.11. The van der Waals surface area contributed by atoms with Gasteiger partial charge >= 0.3 is 0 Å². The van der Waals surface area contributed by atoms with Crippen molar-refractivity contribution in [1.29, 1.82) is 0 Å². The molecule has 0 fully saturated rings. The highest BCUT2D eigenvalue weighted by molar-refractivity contribution is 5.30. The summed E-state index contributed by atoms with van der Waals surface area (Å²) >= 11 is 0. The van der Waals surface area contributed by atoms with E-state index in [-0.39, 0.29) is 0 Å². The van der Waals surface area contributed by atoms with Gasteiger partial charge in [-0.15, -0.1) is 0 Å². The van der Waals surface area contributed by atoms with Gasteiger partial charge in [0.25, 0.3) is 0 Å². The van der Waals surface area contributed by atoms with E-state index in [1.165, 1.54) is 0 Å². The minimum absolute atomic E-state index is 0.403. The molecule has 3 N–H and O–H groups in total. The van der Waals surface area contributed by atoms with Gasteiger partial charge in [-0.25, -0.2) is 0 Å². The zero-order chi connectivity index (χ0) is 10.6. The summed E-state index contributed by atoms with van der Waals surface area (Å²) in [5, 5.41) is 13.7. The van der Waals surface area contributed by atoms with Crippen LogP contribution in [0.15, 0.2) is 12.4 Å². The molecule has 0 saturated heterocycles. The van der Waals surface area contributed by atoms with E-state index in [2.05, 4.69) is 16.9 Å². The van der Waals surface area contributed by atoms with E-state index in [4.69, 9.17) is 5.73 Å². The summed E-state index contributed by atoms with van der Waals surface area (Å²) in [5.41, 5.74) is 6.13. The highest BCUT2D eigenvalue weighted by Gasteiger charge is 2.08. The largest absolute Gasteiger partial charge is 0.396 e. The average molecular weight is 198 g/mol. The van der Waals surface area contributed by atoms with Crippen molar-refractivity contribution in [3.8, 4) is 0 Å². The smallest absolute Gasteiger partial charge is 0.0862 e. The first kappa shape index (κ1) is 11.0. The highest BCUT2D eigenvalue weighted by Crippen LogP contribution is 2.00. The average Bonchev–Trinajstić information content (AvgIpc) is 2.50. The molecule has 5 heteroatoms. The molecule has 1 aromatic heterocycles. The van der Waals surface area contributed by atoms with Crippen LogP contribution >= 0.6 is 0 Å². The normalized spacial score (nSPS) is 13.4. The molecular formula is C9H18N4O. The molecule has 0 amide bonds. The van der Waals surface area contributed by atoms with Crippen LogP contribution in [0.25, 0.3) is 0 Å². The Labute approximate surface area is 84.1 Å². The summed E-state index contributed by atoms with van der Waals surface area (Å²) in [7, 11) is 1.97. The predicted molar refractivity (Wildman–Crippen MR) is 55.8 cm³/mol. The lowest BCUT2D eigenvalue weighted by Gasteiger charge is -2.18. The maximum absolute atomic E-state index is 9.67. The van der Waals surface area contributed by atoms with Gasteiger partial charge < -0.3 is 15.7 Å². The van der Waals surface area contributed by atoms with Gasteiger partial charge in [-0.2, -0.15) is 5.10 Å². The number of aromatic nitrogens is 2. The molecule has 0 saturated carbocycles. The maximum Gasteiger partial charge on any atom is 0.0862 e. The van der Waals surface area contributed by atoms with Gasteiger partial charge in [-0.1, -0.05) is 6.92 Å². The summed E-state index contributed by atoms with van der Waals surface area (Å²) < 4.78 is 1.66. The summed E-state index contributed by atoms with van der Waals surface area (Å²) in [6, 6.07) is 0. The van der Waals surface area contributed by atoms with Gasteiger partial charge in [0.2, 0.25) is 0 Å². The monoisotopic (exact) mass is 198 g/mol. The quantitative estimate of drug-likeness (QED) is 0.686. The van der Waals surface area contributed by atoms with Crippen LogP contribution in [-0.4, -0.2) is 46.0 Å². The SMILES string of the molecule is CCN(C)CC(O)Cn1cc(N)cn1. The first-order valence-electron chi connectivity index (χ1n) is 4.76. The summed E-state index contributed by atoms with van der Waals surface area (Å²) in [6.45, 7) is 4.12. The second-order valence-electron chi connectivity index (χ2n) is 3.50. The zero-order valence-corrected chi connectivity index (χ0v) is 8.72. The van der Waals surface area contributed by atoms with Crippen molar-refractivity contribution in [1.82, 2.24) is 14.7 Å².